The van der Waals surface area contributed by atoms with Crippen LogP contribution < -0.4 is 10.2 Å². The lowest BCUT2D eigenvalue weighted by molar-refractivity contribution is 0.163. The number of aliphatic imine (C=N–C) groups is 1. The van der Waals surface area contributed by atoms with Crippen LogP contribution in [0.25, 0.3) is 0 Å². The van der Waals surface area contributed by atoms with Gasteiger partial charge in [0.25, 0.3) is 0 Å². The molecule has 3 heteroatoms. The monoisotopic (exact) mass is 852 g/mol. The minimum Gasteiger partial charge on any atom is -0.359 e. The Balaban J connectivity index is 0.850. The van der Waals surface area contributed by atoms with E-state index in [1.807, 2.05) is 5.57 Å². The summed E-state index contributed by atoms with van der Waals surface area (Å²) in [6.07, 6.45) is 49.2. The minimum atomic E-state index is -0.0942. The molecule has 0 aromatic heterocycles. The number of hydrogen-bond donors (Lipinski definition) is 1. The third-order valence-corrected chi connectivity index (χ3v) is 17.9. The molecule has 3 aromatic rings. The fraction of sp³-hybridized carbons (Fsp3) is 0.403. The number of nitrogens with zero attached hydrogens (tertiary/aromatic N) is 2. The van der Waals surface area contributed by atoms with Crippen molar-refractivity contribution in [2.75, 3.05) is 4.90 Å². The first-order valence-electron chi connectivity index (χ1n) is 25.8. The standard InChI is InChI=1S/C62H65N3/c1-4-17-40(18-5-1)53-37-45-23-10-12-25-47(45)54-35-43(31-33-49(53)54)44-32-34-50-55(36-44)48-26-13-11-24-46(48)38-56(50)51-28-16-30-59-61(51)52-27-14-15-29-58(52)65(59)60-39-57(41-19-6-2-7-20-41)63-62(64-60)42-21-8-3-9-22-42/h1,4-6,8,10,14-23,27,29-35,39,44-48,51,53,56,59,61-63H,2-3,7,9,11-13,24-26,28,36-38H2. The molecular formula is C62H65N3. The Bertz CT molecular complexity index is 2680. The lowest BCUT2D eigenvalue weighted by Gasteiger charge is -2.48. The van der Waals surface area contributed by atoms with Gasteiger partial charge in [0.15, 0.2) is 0 Å². The largest absolute Gasteiger partial charge is 0.359 e. The highest BCUT2D eigenvalue weighted by Crippen LogP contribution is 2.59. The number of amidine groups is 1. The number of allylic oxidation sites excluding steroid dienone is 12. The molecule has 0 saturated heterocycles. The summed E-state index contributed by atoms with van der Waals surface area (Å²) < 4.78 is 0. The number of para-hydroxylation sites is 1. The number of rotatable bonds is 5. The van der Waals surface area contributed by atoms with Gasteiger partial charge in [0.1, 0.15) is 12.0 Å². The van der Waals surface area contributed by atoms with Gasteiger partial charge in [0.2, 0.25) is 0 Å². The first-order valence-corrected chi connectivity index (χ1v) is 25.8. The molecule has 0 bridgehead atoms. The van der Waals surface area contributed by atoms with E-state index >= 15 is 0 Å². The maximum absolute atomic E-state index is 5.61. The molecule has 2 aliphatic heterocycles. The summed E-state index contributed by atoms with van der Waals surface area (Å²) in [7, 11) is 0. The van der Waals surface area contributed by atoms with Gasteiger partial charge in [-0.1, -0.05) is 158 Å². The maximum atomic E-state index is 5.61. The smallest absolute Gasteiger partial charge is 0.146 e. The predicted molar refractivity (Wildman–Crippen MR) is 269 cm³/mol. The van der Waals surface area contributed by atoms with Crippen molar-refractivity contribution in [1.29, 1.82) is 0 Å². The molecule has 3 nitrogen and oxygen atoms in total. The van der Waals surface area contributed by atoms with Crippen molar-refractivity contribution in [3.05, 3.63) is 208 Å². The summed E-state index contributed by atoms with van der Waals surface area (Å²) in [5.74, 6) is 6.40. The number of fused-ring (bicyclic) bond motifs is 8. The SMILES string of the molecule is C1=CC(C2=CC(N3c4ccccc4C4C(C5CC6CCCCC6C6=C5C=CC(c5ccc7c(c5)C5CCC=CC5CC7c5ccccc5)C6)CC=CC43)=NC(C3=CCCC=C3)N2)=CCC1. The van der Waals surface area contributed by atoms with Gasteiger partial charge < -0.3 is 10.2 Å². The zero-order valence-electron chi connectivity index (χ0n) is 38.1. The second kappa shape index (κ2) is 16.8. The highest BCUT2D eigenvalue weighted by Gasteiger charge is 2.50. The molecule has 11 atom stereocenters. The van der Waals surface area contributed by atoms with Gasteiger partial charge in [-0.25, -0.2) is 4.99 Å². The van der Waals surface area contributed by atoms with Crippen LogP contribution in [0.5, 0.6) is 0 Å². The fourth-order valence-electron chi connectivity index (χ4n) is 14.9. The maximum Gasteiger partial charge on any atom is 0.146 e. The Labute approximate surface area is 388 Å². The summed E-state index contributed by atoms with van der Waals surface area (Å²) in [6.45, 7) is 0. The second-order valence-corrected chi connectivity index (χ2v) is 21.2. The normalized spacial score (nSPS) is 34.2. The summed E-state index contributed by atoms with van der Waals surface area (Å²) in [4.78, 5) is 8.26. The average Bonchev–Trinajstić information content (AvgIpc) is 3.73. The lowest BCUT2D eigenvalue weighted by atomic mass is 9.56. The van der Waals surface area contributed by atoms with Crippen LogP contribution in [0.3, 0.4) is 0 Å². The van der Waals surface area contributed by atoms with Crippen molar-refractivity contribution >= 4 is 11.5 Å². The highest BCUT2D eigenvalue weighted by atomic mass is 15.3. The quantitative estimate of drug-likeness (QED) is 0.259. The molecule has 1 N–H and O–H groups in total. The molecule has 13 rings (SSSR count). The Morgan fingerprint density at radius 2 is 1.52 bits per heavy atom. The van der Waals surface area contributed by atoms with Crippen LogP contribution in [0.15, 0.2) is 185 Å². The van der Waals surface area contributed by atoms with Crippen LogP contribution in [0.2, 0.25) is 0 Å². The van der Waals surface area contributed by atoms with E-state index in [4.69, 9.17) is 4.99 Å². The number of hydrogen-bond acceptors (Lipinski definition) is 3. The van der Waals surface area contributed by atoms with Gasteiger partial charge in [-0.15, -0.1) is 0 Å². The van der Waals surface area contributed by atoms with Gasteiger partial charge in [-0.2, -0.15) is 0 Å². The van der Waals surface area contributed by atoms with E-state index < -0.39 is 0 Å². The zero-order chi connectivity index (χ0) is 42.8. The van der Waals surface area contributed by atoms with Crippen LogP contribution in [-0.4, -0.2) is 18.0 Å². The van der Waals surface area contributed by atoms with E-state index in [-0.39, 0.29) is 12.2 Å². The van der Waals surface area contributed by atoms with E-state index in [0.717, 1.165) is 49.8 Å². The molecule has 2 heterocycles. The Hall–Kier alpha value is -5.41. The molecule has 0 radical (unpaired) electrons. The minimum absolute atomic E-state index is 0.0942. The van der Waals surface area contributed by atoms with Crippen molar-refractivity contribution < 1.29 is 0 Å². The molecule has 0 amide bonds. The van der Waals surface area contributed by atoms with Gasteiger partial charge in [0.05, 0.1) is 6.04 Å². The first kappa shape index (κ1) is 39.9. The van der Waals surface area contributed by atoms with Gasteiger partial charge in [-0.05, 0) is 163 Å². The highest BCUT2D eigenvalue weighted by molar-refractivity contribution is 6.09. The molecule has 3 aromatic carbocycles. The number of nitrogens with one attached hydrogen (secondary N) is 1. The van der Waals surface area contributed by atoms with Gasteiger partial charge >= 0.3 is 0 Å². The molecule has 1 saturated carbocycles. The predicted octanol–water partition coefficient (Wildman–Crippen LogP) is 14.8. The molecule has 11 unspecified atom stereocenters. The topological polar surface area (TPSA) is 27.6 Å². The molecule has 328 valence electrons. The molecule has 1 fully saturated rings. The third kappa shape index (κ3) is 7.01. The van der Waals surface area contributed by atoms with Crippen LogP contribution in [0.1, 0.15) is 141 Å². The van der Waals surface area contributed by atoms with Crippen LogP contribution in [0, 0.1) is 29.6 Å². The van der Waals surface area contributed by atoms with E-state index in [1.54, 1.807) is 22.3 Å². The Morgan fingerprint density at radius 1 is 0.646 bits per heavy atom. The Morgan fingerprint density at radius 3 is 2.42 bits per heavy atom. The van der Waals surface area contributed by atoms with Gasteiger partial charge in [0, 0.05) is 35.2 Å². The third-order valence-electron chi connectivity index (χ3n) is 17.9. The number of benzene rings is 3. The zero-order valence-corrected chi connectivity index (χ0v) is 38.1. The van der Waals surface area contributed by atoms with E-state index in [0.29, 0.717) is 41.4 Å². The van der Waals surface area contributed by atoms with Crippen molar-refractivity contribution in [2.45, 2.75) is 126 Å². The van der Waals surface area contributed by atoms with Crippen molar-refractivity contribution in [2.24, 2.45) is 34.6 Å². The van der Waals surface area contributed by atoms with Crippen LogP contribution in [0.4, 0.5) is 5.69 Å². The van der Waals surface area contributed by atoms with E-state index in [2.05, 4.69) is 162 Å². The molecule has 65 heavy (non-hydrogen) atoms. The van der Waals surface area contributed by atoms with Crippen LogP contribution >= 0.6 is 0 Å². The average molecular weight is 852 g/mol. The van der Waals surface area contributed by atoms with Crippen LogP contribution in [-0.2, 0) is 0 Å². The molecule has 0 spiro atoms. The first-order chi connectivity index (χ1) is 32.2. The van der Waals surface area contributed by atoms with E-state index in [1.165, 1.54) is 91.4 Å². The molecular weight excluding hydrogens is 787 g/mol. The lowest BCUT2D eigenvalue weighted by Crippen LogP contribution is -2.46. The summed E-state index contributed by atoms with van der Waals surface area (Å²) in [6, 6.07) is 28.9. The summed E-state index contributed by atoms with van der Waals surface area (Å²) >= 11 is 0. The van der Waals surface area contributed by atoms with Crippen molar-refractivity contribution in [3.8, 4) is 0 Å². The Kier molecular flexibility index (Phi) is 10.3. The fourth-order valence-corrected chi connectivity index (χ4v) is 14.9. The summed E-state index contributed by atoms with van der Waals surface area (Å²) in [5, 5.41) is 3.88. The summed E-state index contributed by atoms with van der Waals surface area (Å²) in [5.41, 5.74) is 16.5. The van der Waals surface area contributed by atoms with Crippen molar-refractivity contribution in [3.63, 3.8) is 0 Å². The number of anilines is 1. The molecule has 10 aliphatic rings. The van der Waals surface area contributed by atoms with E-state index in [9.17, 15) is 0 Å². The van der Waals surface area contributed by atoms with Gasteiger partial charge in [-0.3, -0.25) is 0 Å². The van der Waals surface area contributed by atoms with Crippen molar-refractivity contribution in [1.82, 2.24) is 5.32 Å². The second-order valence-electron chi connectivity index (χ2n) is 21.2. The molecule has 8 aliphatic carbocycles.